The summed E-state index contributed by atoms with van der Waals surface area (Å²) in [6, 6.07) is 1.49. The van der Waals surface area contributed by atoms with Gasteiger partial charge in [-0.15, -0.1) is 0 Å². The summed E-state index contributed by atoms with van der Waals surface area (Å²) in [6.07, 6.45) is 1.15. The Morgan fingerprint density at radius 2 is 1.95 bits per heavy atom. The second-order valence-electron chi connectivity index (χ2n) is 4.45. The Balaban J connectivity index is 2.10. The van der Waals surface area contributed by atoms with Crippen molar-refractivity contribution < 1.29 is 17.8 Å². The first-order chi connectivity index (χ1) is 8.97. The van der Waals surface area contributed by atoms with Crippen molar-refractivity contribution in [3.05, 3.63) is 29.3 Å². The molecular formula is C12H14F2N2O2S. The van der Waals surface area contributed by atoms with Gasteiger partial charge in [-0.1, -0.05) is 0 Å². The molecular weight excluding hydrogens is 274 g/mol. The van der Waals surface area contributed by atoms with Crippen LogP contribution in [0.1, 0.15) is 23.2 Å². The number of halogens is 2. The zero-order valence-electron chi connectivity index (χ0n) is 10.1. The molecule has 1 amide bonds. The molecule has 2 rings (SSSR count). The van der Waals surface area contributed by atoms with Crippen molar-refractivity contribution in [2.45, 2.75) is 18.9 Å². The van der Waals surface area contributed by atoms with Crippen molar-refractivity contribution in [3.8, 4) is 0 Å². The van der Waals surface area contributed by atoms with Crippen LogP contribution in [0.3, 0.4) is 0 Å². The third kappa shape index (κ3) is 3.28. The molecule has 0 unspecified atom stereocenters. The molecule has 0 saturated carbocycles. The Bertz CT molecular complexity index is 527. The first kappa shape index (κ1) is 13.9. The second-order valence-corrected chi connectivity index (χ2v) is 6.15. The number of nitrogens with one attached hydrogen (secondary N) is 1. The summed E-state index contributed by atoms with van der Waals surface area (Å²) < 4.78 is 38.0. The maximum atomic E-state index is 13.6. The van der Waals surface area contributed by atoms with Crippen LogP contribution >= 0.6 is 0 Å². The minimum absolute atomic E-state index is 0.158. The molecule has 0 atom stereocenters. The van der Waals surface area contributed by atoms with Crippen LogP contribution in [-0.4, -0.2) is 27.7 Å². The number of nitrogen functional groups attached to an aromatic ring is 1. The third-order valence-corrected chi connectivity index (χ3v) is 4.42. The van der Waals surface area contributed by atoms with Crippen LogP contribution in [0, 0.1) is 11.6 Å². The number of carbonyl (C=O) groups excluding carboxylic acids is 1. The summed E-state index contributed by atoms with van der Waals surface area (Å²) in [5, 5.41) is 2.62. The Kier molecular flexibility index (Phi) is 4.14. The number of amides is 1. The molecule has 0 aromatic heterocycles. The van der Waals surface area contributed by atoms with Crippen molar-refractivity contribution in [3.63, 3.8) is 0 Å². The van der Waals surface area contributed by atoms with Gasteiger partial charge in [0, 0.05) is 28.3 Å². The van der Waals surface area contributed by atoms with E-state index in [0.29, 0.717) is 24.3 Å². The first-order valence-electron chi connectivity index (χ1n) is 5.87. The summed E-state index contributed by atoms with van der Waals surface area (Å²) >= 11 is 0. The van der Waals surface area contributed by atoms with Crippen LogP contribution in [0.4, 0.5) is 14.5 Å². The topological polar surface area (TPSA) is 72.2 Å². The summed E-state index contributed by atoms with van der Waals surface area (Å²) in [7, 11) is -0.837. The van der Waals surface area contributed by atoms with Gasteiger partial charge in [-0.3, -0.25) is 9.00 Å². The average molecular weight is 288 g/mol. The van der Waals surface area contributed by atoms with Crippen LogP contribution in [0.5, 0.6) is 0 Å². The Labute approximate surface area is 111 Å². The van der Waals surface area contributed by atoms with Gasteiger partial charge in [-0.2, -0.15) is 0 Å². The minimum Gasteiger partial charge on any atom is -0.396 e. The zero-order valence-corrected chi connectivity index (χ0v) is 10.9. The number of hydrogen-bond acceptors (Lipinski definition) is 3. The summed E-state index contributed by atoms with van der Waals surface area (Å²) in [5.41, 5.74) is 4.48. The molecule has 1 aromatic carbocycles. The Morgan fingerprint density at radius 1 is 1.32 bits per heavy atom. The first-order valence-corrected chi connectivity index (χ1v) is 7.36. The molecule has 0 aliphatic carbocycles. The molecule has 19 heavy (non-hydrogen) atoms. The maximum Gasteiger partial charge on any atom is 0.254 e. The summed E-state index contributed by atoms with van der Waals surface area (Å²) in [5.74, 6) is -1.34. The molecule has 1 aromatic rings. The number of benzene rings is 1. The standard InChI is InChI=1S/C12H14F2N2O2S/c13-7-5-9(11(14)10(15)6-7)12(17)16-8-1-3-19(18)4-2-8/h5-6,8H,1-4,15H2,(H,16,17). The van der Waals surface area contributed by atoms with Gasteiger partial charge in [0.05, 0.1) is 11.3 Å². The second kappa shape index (κ2) is 5.64. The van der Waals surface area contributed by atoms with Crippen molar-refractivity contribution in [1.29, 1.82) is 0 Å². The highest BCUT2D eigenvalue weighted by molar-refractivity contribution is 7.85. The molecule has 1 aliphatic heterocycles. The van der Waals surface area contributed by atoms with E-state index in [1.807, 2.05) is 0 Å². The van der Waals surface area contributed by atoms with Gasteiger partial charge < -0.3 is 11.1 Å². The number of rotatable bonds is 2. The lowest BCUT2D eigenvalue weighted by Crippen LogP contribution is -2.40. The van der Waals surface area contributed by atoms with Crippen molar-refractivity contribution >= 4 is 22.4 Å². The predicted octanol–water partition coefficient (Wildman–Crippen LogP) is 1.19. The van der Waals surface area contributed by atoms with Gasteiger partial charge >= 0.3 is 0 Å². The quantitative estimate of drug-likeness (QED) is 0.803. The molecule has 4 nitrogen and oxygen atoms in total. The average Bonchev–Trinajstić information content (AvgIpc) is 2.36. The third-order valence-electron chi connectivity index (χ3n) is 3.03. The zero-order chi connectivity index (χ0) is 14.0. The lowest BCUT2D eigenvalue weighted by atomic mass is 10.1. The highest BCUT2D eigenvalue weighted by atomic mass is 32.2. The van der Waals surface area contributed by atoms with E-state index >= 15 is 0 Å². The lowest BCUT2D eigenvalue weighted by molar-refractivity contribution is 0.0930. The molecule has 104 valence electrons. The highest BCUT2D eigenvalue weighted by Crippen LogP contribution is 2.18. The number of carbonyl (C=O) groups is 1. The van der Waals surface area contributed by atoms with Crippen LogP contribution in [0.15, 0.2) is 12.1 Å². The highest BCUT2D eigenvalue weighted by Gasteiger charge is 2.22. The molecule has 1 saturated heterocycles. The number of anilines is 1. The van der Waals surface area contributed by atoms with Gasteiger partial charge in [0.2, 0.25) is 0 Å². The molecule has 3 N–H and O–H groups in total. The molecule has 0 spiro atoms. The van der Waals surface area contributed by atoms with Gasteiger partial charge in [0.1, 0.15) is 5.82 Å². The van der Waals surface area contributed by atoms with Crippen molar-refractivity contribution in [2.24, 2.45) is 0 Å². The van der Waals surface area contributed by atoms with E-state index in [-0.39, 0.29) is 6.04 Å². The van der Waals surface area contributed by atoms with Crippen LogP contribution in [0.25, 0.3) is 0 Å². The largest absolute Gasteiger partial charge is 0.396 e. The summed E-state index contributed by atoms with van der Waals surface area (Å²) in [6.45, 7) is 0. The van der Waals surface area contributed by atoms with Gasteiger partial charge in [0.15, 0.2) is 5.82 Å². The van der Waals surface area contributed by atoms with Gasteiger partial charge in [0.25, 0.3) is 5.91 Å². The van der Waals surface area contributed by atoms with Crippen molar-refractivity contribution in [2.75, 3.05) is 17.2 Å². The normalized spacial score (nSPS) is 23.1. The van der Waals surface area contributed by atoms with E-state index in [1.165, 1.54) is 0 Å². The van der Waals surface area contributed by atoms with E-state index in [1.54, 1.807) is 0 Å². The van der Waals surface area contributed by atoms with Crippen LogP contribution in [0.2, 0.25) is 0 Å². The fraction of sp³-hybridized carbons (Fsp3) is 0.417. The SMILES string of the molecule is Nc1cc(F)cc(C(=O)NC2CCS(=O)CC2)c1F. The van der Waals surface area contributed by atoms with E-state index in [4.69, 9.17) is 5.73 Å². The maximum absolute atomic E-state index is 13.6. The van der Waals surface area contributed by atoms with Gasteiger partial charge in [-0.25, -0.2) is 8.78 Å². The molecule has 0 bridgehead atoms. The van der Waals surface area contributed by atoms with Gasteiger partial charge in [-0.05, 0) is 25.0 Å². The predicted molar refractivity (Wildman–Crippen MR) is 69.1 cm³/mol. The summed E-state index contributed by atoms with van der Waals surface area (Å²) in [4.78, 5) is 11.9. The van der Waals surface area contributed by atoms with E-state index in [9.17, 15) is 17.8 Å². The minimum atomic E-state index is -0.918. The molecule has 7 heteroatoms. The molecule has 1 fully saturated rings. The molecule has 0 radical (unpaired) electrons. The van der Waals surface area contributed by atoms with Crippen molar-refractivity contribution in [1.82, 2.24) is 5.32 Å². The van der Waals surface area contributed by atoms with E-state index in [2.05, 4.69) is 5.32 Å². The molecule has 1 aliphatic rings. The number of hydrogen-bond donors (Lipinski definition) is 2. The van der Waals surface area contributed by atoms with Crippen LogP contribution < -0.4 is 11.1 Å². The Morgan fingerprint density at radius 3 is 2.58 bits per heavy atom. The number of nitrogens with two attached hydrogens (primary N) is 1. The fourth-order valence-corrected chi connectivity index (χ4v) is 3.28. The molecule has 1 heterocycles. The van der Waals surface area contributed by atoms with E-state index in [0.717, 1.165) is 12.1 Å². The Hall–Kier alpha value is -1.50. The smallest absolute Gasteiger partial charge is 0.254 e. The lowest BCUT2D eigenvalue weighted by Gasteiger charge is -2.22. The fourth-order valence-electron chi connectivity index (χ4n) is 1.98. The monoisotopic (exact) mass is 288 g/mol. The van der Waals surface area contributed by atoms with Crippen LogP contribution in [-0.2, 0) is 10.8 Å². The van der Waals surface area contributed by atoms with E-state index < -0.39 is 39.6 Å².